The highest BCUT2D eigenvalue weighted by Crippen LogP contribution is 2.32. The fourth-order valence-electron chi connectivity index (χ4n) is 5.55. The zero-order valence-electron chi connectivity index (χ0n) is 22.4. The fraction of sp³-hybridized carbons (Fsp3) is 0.536. The summed E-state index contributed by atoms with van der Waals surface area (Å²) in [5.74, 6) is 0.581. The smallest absolute Gasteiger partial charge is 0.249 e. The lowest BCUT2D eigenvalue weighted by Gasteiger charge is -2.40. The third-order valence-electron chi connectivity index (χ3n) is 7.43. The zero-order chi connectivity index (χ0) is 26.6. The number of hydrogen-bond donors (Lipinski definition) is 0. The number of nitrogens with zero attached hydrogens (tertiary/aromatic N) is 3. The summed E-state index contributed by atoms with van der Waals surface area (Å²) in [7, 11) is -0.0793. The SMILES string of the molecule is COc1cc(C)c(S(=O)(=O)N2CCCCC2COCC(=O)N2CCN(C)CC2c2ccccc2)c(C)c1. The largest absolute Gasteiger partial charge is 0.497 e. The summed E-state index contributed by atoms with van der Waals surface area (Å²) >= 11 is 0. The Labute approximate surface area is 221 Å². The van der Waals surface area contributed by atoms with E-state index in [1.165, 1.54) is 0 Å². The molecule has 37 heavy (non-hydrogen) atoms. The fourth-order valence-corrected chi connectivity index (χ4v) is 7.65. The van der Waals surface area contributed by atoms with Crippen LogP contribution in [-0.4, -0.2) is 88.0 Å². The van der Waals surface area contributed by atoms with Crippen LogP contribution >= 0.6 is 0 Å². The lowest BCUT2D eigenvalue weighted by molar-refractivity contribution is -0.141. The first-order valence-electron chi connectivity index (χ1n) is 13.0. The van der Waals surface area contributed by atoms with Gasteiger partial charge in [-0.15, -0.1) is 0 Å². The van der Waals surface area contributed by atoms with Crippen molar-refractivity contribution in [2.24, 2.45) is 0 Å². The molecular formula is C28H39N3O5S. The summed E-state index contributed by atoms with van der Waals surface area (Å²) in [6.07, 6.45) is 2.45. The van der Waals surface area contributed by atoms with Gasteiger partial charge >= 0.3 is 0 Å². The molecule has 0 radical (unpaired) electrons. The molecule has 0 N–H and O–H groups in total. The summed E-state index contributed by atoms with van der Waals surface area (Å²) in [6.45, 7) is 6.41. The number of piperazine rings is 1. The van der Waals surface area contributed by atoms with Crippen molar-refractivity contribution in [1.29, 1.82) is 0 Å². The Morgan fingerprint density at radius 2 is 1.73 bits per heavy atom. The second-order valence-corrected chi connectivity index (χ2v) is 12.0. The quantitative estimate of drug-likeness (QED) is 0.522. The predicted octanol–water partition coefficient (Wildman–Crippen LogP) is 3.39. The van der Waals surface area contributed by atoms with Crippen LogP contribution in [0, 0.1) is 13.8 Å². The summed E-state index contributed by atoms with van der Waals surface area (Å²) < 4.78 is 40.3. The Kier molecular flexibility index (Phi) is 8.90. The molecule has 2 aromatic rings. The number of sulfonamides is 1. The summed E-state index contributed by atoms with van der Waals surface area (Å²) in [6, 6.07) is 13.3. The number of ether oxygens (including phenoxy) is 2. The van der Waals surface area contributed by atoms with Gasteiger partial charge in [-0.3, -0.25) is 4.79 Å². The van der Waals surface area contributed by atoms with Gasteiger partial charge in [0.2, 0.25) is 15.9 Å². The number of benzene rings is 2. The number of piperidine rings is 1. The Hall–Kier alpha value is -2.46. The molecule has 0 bridgehead atoms. The average Bonchev–Trinajstić information content (AvgIpc) is 2.88. The van der Waals surface area contributed by atoms with Crippen molar-refractivity contribution in [3.63, 3.8) is 0 Å². The first kappa shape index (κ1) is 27.6. The Bertz CT molecular complexity index is 1160. The molecule has 2 saturated heterocycles. The lowest BCUT2D eigenvalue weighted by atomic mass is 10.0. The maximum Gasteiger partial charge on any atom is 0.249 e. The van der Waals surface area contributed by atoms with E-state index < -0.39 is 10.0 Å². The Balaban J connectivity index is 1.44. The number of carbonyl (C=O) groups is 1. The minimum absolute atomic E-state index is 0.0244. The van der Waals surface area contributed by atoms with Gasteiger partial charge in [0, 0.05) is 32.2 Å². The monoisotopic (exact) mass is 529 g/mol. The van der Waals surface area contributed by atoms with Crippen LogP contribution < -0.4 is 4.74 Å². The molecule has 1 amide bonds. The molecule has 2 atom stereocenters. The molecule has 0 aromatic heterocycles. The van der Waals surface area contributed by atoms with Crippen LogP contribution in [-0.2, 0) is 19.6 Å². The molecule has 2 aliphatic heterocycles. The highest BCUT2D eigenvalue weighted by molar-refractivity contribution is 7.89. The van der Waals surface area contributed by atoms with Crippen molar-refractivity contribution in [2.75, 3.05) is 53.6 Å². The average molecular weight is 530 g/mol. The lowest BCUT2D eigenvalue weighted by Crippen LogP contribution is -2.51. The van der Waals surface area contributed by atoms with Crippen molar-refractivity contribution in [3.8, 4) is 5.75 Å². The molecule has 0 spiro atoms. The number of aryl methyl sites for hydroxylation is 2. The zero-order valence-corrected chi connectivity index (χ0v) is 23.2. The second-order valence-electron chi connectivity index (χ2n) is 10.1. The molecular weight excluding hydrogens is 490 g/mol. The van der Waals surface area contributed by atoms with Gasteiger partial charge in [-0.05, 0) is 62.6 Å². The number of rotatable bonds is 8. The topological polar surface area (TPSA) is 79.4 Å². The van der Waals surface area contributed by atoms with Crippen LogP contribution in [0.1, 0.15) is 42.0 Å². The number of hydrogen-bond acceptors (Lipinski definition) is 6. The van der Waals surface area contributed by atoms with E-state index >= 15 is 0 Å². The molecule has 9 heteroatoms. The van der Waals surface area contributed by atoms with E-state index in [1.54, 1.807) is 37.4 Å². The van der Waals surface area contributed by atoms with E-state index in [-0.39, 0.29) is 31.2 Å². The van der Waals surface area contributed by atoms with Gasteiger partial charge < -0.3 is 19.3 Å². The van der Waals surface area contributed by atoms with Gasteiger partial charge in [0.1, 0.15) is 12.4 Å². The summed E-state index contributed by atoms with van der Waals surface area (Å²) in [5, 5.41) is 0. The van der Waals surface area contributed by atoms with Crippen LogP contribution in [0.3, 0.4) is 0 Å². The molecule has 2 unspecified atom stereocenters. The van der Waals surface area contributed by atoms with E-state index in [9.17, 15) is 13.2 Å². The molecule has 2 fully saturated rings. The van der Waals surface area contributed by atoms with Crippen molar-refractivity contribution in [3.05, 3.63) is 59.2 Å². The van der Waals surface area contributed by atoms with Gasteiger partial charge in [0.15, 0.2) is 0 Å². The molecule has 202 valence electrons. The second kappa shape index (κ2) is 11.9. The first-order valence-corrected chi connectivity index (χ1v) is 14.4. The van der Waals surface area contributed by atoms with Gasteiger partial charge in [0.05, 0.1) is 24.7 Å². The highest BCUT2D eigenvalue weighted by Gasteiger charge is 2.36. The van der Waals surface area contributed by atoms with E-state index in [0.717, 1.165) is 31.5 Å². The van der Waals surface area contributed by atoms with Crippen molar-refractivity contribution >= 4 is 15.9 Å². The van der Waals surface area contributed by atoms with Gasteiger partial charge in [-0.2, -0.15) is 4.31 Å². The van der Waals surface area contributed by atoms with Gasteiger partial charge in [0.25, 0.3) is 0 Å². The normalized spacial score (nSPS) is 21.7. The van der Waals surface area contributed by atoms with Gasteiger partial charge in [-0.25, -0.2) is 8.42 Å². The third kappa shape index (κ3) is 6.17. The van der Waals surface area contributed by atoms with Crippen LogP contribution in [0.15, 0.2) is 47.4 Å². The van der Waals surface area contributed by atoms with Crippen LogP contribution in [0.4, 0.5) is 0 Å². The minimum atomic E-state index is -3.72. The molecule has 0 saturated carbocycles. The third-order valence-corrected chi connectivity index (χ3v) is 9.69. The number of methoxy groups -OCH3 is 1. The minimum Gasteiger partial charge on any atom is -0.497 e. The predicted molar refractivity (Wildman–Crippen MR) is 143 cm³/mol. The van der Waals surface area contributed by atoms with Gasteiger partial charge in [-0.1, -0.05) is 36.8 Å². The van der Waals surface area contributed by atoms with E-state index in [2.05, 4.69) is 24.1 Å². The van der Waals surface area contributed by atoms with Crippen LogP contribution in [0.5, 0.6) is 5.75 Å². The molecule has 8 nitrogen and oxygen atoms in total. The Morgan fingerprint density at radius 3 is 2.41 bits per heavy atom. The van der Waals surface area contributed by atoms with Crippen LogP contribution in [0.25, 0.3) is 0 Å². The number of carbonyl (C=O) groups excluding carboxylic acids is 1. The summed E-state index contributed by atoms with van der Waals surface area (Å²) in [5.41, 5.74) is 2.44. The standard InChI is InChI=1S/C28H39N3O5S/c1-21-16-25(35-4)17-22(2)28(21)37(33,34)31-13-9-8-12-24(31)19-36-20-27(32)30-15-14-29(3)18-26(30)23-10-6-5-7-11-23/h5-7,10-11,16-17,24,26H,8-9,12-15,18-20H2,1-4H3. The first-order chi connectivity index (χ1) is 17.7. The van der Waals surface area contributed by atoms with Crippen LogP contribution in [0.2, 0.25) is 0 Å². The molecule has 2 aromatic carbocycles. The maximum absolute atomic E-state index is 13.8. The molecule has 0 aliphatic carbocycles. The number of amides is 1. The van der Waals surface area contributed by atoms with E-state index in [4.69, 9.17) is 9.47 Å². The number of likely N-dealkylation sites (N-methyl/N-ethyl adjacent to an activating group) is 1. The van der Waals surface area contributed by atoms with Crippen molar-refractivity contribution in [1.82, 2.24) is 14.1 Å². The molecule has 4 rings (SSSR count). The maximum atomic E-state index is 13.8. The summed E-state index contributed by atoms with van der Waals surface area (Å²) in [4.78, 5) is 17.7. The Morgan fingerprint density at radius 1 is 1.03 bits per heavy atom. The van der Waals surface area contributed by atoms with Crippen molar-refractivity contribution in [2.45, 2.75) is 50.1 Å². The van der Waals surface area contributed by atoms with E-state index in [0.29, 0.717) is 41.3 Å². The van der Waals surface area contributed by atoms with E-state index in [1.807, 2.05) is 23.1 Å². The van der Waals surface area contributed by atoms with Crippen molar-refractivity contribution < 1.29 is 22.7 Å². The highest BCUT2D eigenvalue weighted by atomic mass is 32.2. The molecule has 2 heterocycles. The molecule has 2 aliphatic rings.